The zero-order valence-electron chi connectivity index (χ0n) is 18.0. The number of sulfone groups is 1. The number of hydrogen-bond acceptors (Lipinski definition) is 5. The molecule has 1 aromatic heterocycles. The summed E-state index contributed by atoms with van der Waals surface area (Å²) >= 11 is 0. The van der Waals surface area contributed by atoms with E-state index in [0.717, 1.165) is 0 Å². The summed E-state index contributed by atoms with van der Waals surface area (Å²) in [5.41, 5.74) is 1.37. The highest BCUT2D eigenvalue weighted by Crippen LogP contribution is 2.24. The van der Waals surface area contributed by atoms with Crippen molar-refractivity contribution in [3.63, 3.8) is 0 Å². The molecule has 3 aromatic carbocycles. The lowest BCUT2D eigenvalue weighted by atomic mass is 10.1. The van der Waals surface area contributed by atoms with Gasteiger partial charge in [0.05, 0.1) is 16.8 Å². The van der Waals surface area contributed by atoms with E-state index in [1.54, 1.807) is 66.9 Å². The molecule has 1 N–H and O–H groups in total. The van der Waals surface area contributed by atoms with Crippen LogP contribution in [0.5, 0.6) is 11.5 Å². The van der Waals surface area contributed by atoms with Crippen molar-refractivity contribution in [2.45, 2.75) is 17.2 Å². The first-order valence-electron chi connectivity index (χ1n) is 10.4. The number of benzene rings is 3. The molecule has 6 nitrogen and oxygen atoms in total. The molecule has 0 fully saturated rings. The molecule has 0 aliphatic rings. The Labute approximate surface area is 197 Å². The van der Waals surface area contributed by atoms with Gasteiger partial charge in [0.25, 0.3) is 5.91 Å². The van der Waals surface area contributed by atoms with E-state index in [1.807, 2.05) is 0 Å². The van der Waals surface area contributed by atoms with E-state index in [-0.39, 0.29) is 22.9 Å². The van der Waals surface area contributed by atoms with Gasteiger partial charge in [-0.2, -0.15) is 0 Å². The smallest absolute Gasteiger partial charge is 0.251 e. The van der Waals surface area contributed by atoms with E-state index < -0.39 is 21.6 Å². The Bertz CT molecular complexity index is 1400. The highest BCUT2D eigenvalue weighted by molar-refractivity contribution is 7.90. The molecule has 172 valence electrons. The monoisotopic (exact) mass is 476 g/mol. The molecule has 0 unspecified atom stereocenters. The minimum Gasteiger partial charge on any atom is -0.453 e. The summed E-state index contributed by atoms with van der Waals surface area (Å²) in [6, 6.07) is 22.4. The molecule has 0 aliphatic heterocycles. The van der Waals surface area contributed by atoms with Crippen molar-refractivity contribution < 1.29 is 22.3 Å². The summed E-state index contributed by atoms with van der Waals surface area (Å²) in [5.74, 6) is -0.715. The highest BCUT2D eigenvalue weighted by Gasteiger charge is 2.16. The molecule has 1 amide bonds. The second-order valence-electron chi connectivity index (χ2n) is 7.51. The maximum Gasteiger partial charge on any atom is 0.251 e. The number of amides is 1. The topological polar surface area (TPSA) is 85.4 Å². The molecular weight excluding hydrogens is 455 g/mol. The first-order valence-corrected chi connectivity index (χ1v) is 12.1. The fraction of sp³-hybridized carbons (Fsp3) is 0.0769. The number of halogens is 1. The SMILES string of the molecule is O=C(NCc1ccc(Oc2cccnc2)c(F)c1)c1cccc(CS(=O)(=O)c2ccccc2)c1. The van der Waals surface area contributed by atoms with Crippen LogP contribution in [0.25, 0.3) is 0 Å². The third-order valence-corrected chi connectivity index (χ3v) is 6.66. The maximum absolute atomic E-state index is 14.4. The fourth-order valence-electron chi connectivity index (χ4n) is 3.29. The van der Waals surface area contributed by atoms with Gasteiger partial charge in [-0.05, 0) is 59.7 Å². The number of pyridine rings is 1. The average Bonchev–Trinajstić information content (AvgIpc) is 2.85. The lowest BCUT2D eigenvalue weighted by Gasteiger charge is -2.10. The number of carbonyl (C=O) groups is 1. The van der Waals surface area contributed by atoms with Crippen molar-refractivity contribution in [3.05, 3.63) is 120 Å². The Morgan fingerprint density at radius 1 is 0.912 bits per heavy atom. The summed E-state index contributed by atoms with van der Waals surface area (Å²) in [7, 11) is -3.53. The van der Waals surface area contributed by atoms with Crippen molar-refractivity contribution in [1.29, 1.82) is 0 Å². The van der Waals surface area contributed by atoms with E-state index in [1.165, 1.54) is 30.5 Å². The Morgan fingerprint density at radius 2 is 1.74 bits per heavy atom. The van der Waals surface area contributed by atoms with Gasteiger partial charge in [-0.25, -0.2) is 12.8 Å². The summed E-state index contributed by atoms with van der Waals surface area (Å²) < 4.78 is 45.1. The number of nitrogens with one attached hydrogen (secondary N) is 1. The molecule has 0 saturated carbocycles. The van der Waals surface area contributed by atoms with Crippen LogP contribution >= 0.6 is 0 Å². The van der Waals surface area contributed by atoms with Gasteiger partial charge in [0.1, 0.15) is 5.75 Å². The lowest BCUT2D eigenvalue weighted by Crippen LogP contribution is -2.23. The van der Waals surface area contributed by atoms with E-state index in [2.05, 4.69) is 10.3 Å². The van der Waals surface area contributed by atoms with E-state index in [4.69, 9.17) is 4.74 Å². The van der Waals surface area contributed by atoms with Crippen molar-refractivity contribution >= 4 is 15.7 Å². The summed E-state index contributed by atoms with van der Waals surface area (Å²) in [4.78, 5) is 16.8. The largest absolute Gasteiger partial charge is 0.453 e. The van der Waals surface area contributed by atoms with Crippen molar-refractivity contribution in [2.75, 3.05) is 0 Å². The summed E-state index contributed by atoms with van der Waals surface area (Å²) in [6.45, 7) is 0.0927. The number of ether oxygens (including phenoxy) is 1. The van der Waals surface area contributed by atoms with E-state index >= 15 is 0 Å². The van der Waals surface area contributed by atoms with Crippen LogP contribution < -0.4 is 10.1 Å². The van der Waals surface area contributed by atoms with Gasteiger partial charge in [0.15, 0.2) is 21.4 Å². The van der Waals surface area contributed by atoms with Crippen molar-refractivity contribution in [3.8, 4) is 11.5 Å². The minimum absolute atomic E-state index is 0.0513. The van der Waals surface area contributed by atoms with Crippen LogP contribution in [0.15, 0.2) is 102 Å². The Hall–Kier alpha value is -4.04. The zero-order chi connectivity index (χ0) is 24.0. The lowest BCUT2D eigenvalue weighted by molar-refractivity contribution is 0.0950. The number of carbonyl (C=O) groups excluding carboxylic acids is 1. The van der Waals surface area contributed by atoms with Crippen LogP contribution in [0.2, 0.25) is 0 Å². The number of nitrogens with zero attached hydrogens (tertiary/aromatic N) is 1. The van der Waals surface area contributed by atoms with Crippen molar-refractivity contribution in [1.82, 2.24) is 10.3 Å². The fourth-order valence-corrected chi connectivity index (χ4v) is 4.65. The Kier molecular flexibility index (Phi) is 6.98. The molecule has 8 heteroatoms. The van der Waals surface area contributed by atoms with Crippen LogP contribution in [0.3, 0.4) is 0 Å². The number of rotatable bonds is 8. The van der Waals surface area contributed by atoms with Crippen LogP contribution in [0.4, 0.5) is 4.39 Å². The molecule has 0 aliphatic carbocycles. The predicted molar refractivity (Wildman–Crippen MR) is 126 cm³/mol. The van der Waals surface area contributed by atoms with Gasteiger partial charge in [0, 0.05) is 18.3 Å². The average molecular weight is 477 g/mol. The van der Waals surface area contributed by atoms with E-state index in [0.29, 0.717) is 22.4 Å². The van der Waals surface area contributed by atoms with Crippen LogP contribution in [0, 0.1) is 5.82 Å². The third kappa shape index (κ3) is 5.85. The summed E-state index contributed by atoms with van der Waals surface area (Å²) in [5, 5.41) is 2.73. The molecule has 0 saturated heterocycles. The normalized spacial score (nSPS) is 11.1. The molecule has 4 rings (SSSR count). The number of aromatic nitrogens is 1. The molecular formula is C26H21FN2O4S. The first-order chi connectivity index (χ1) is 16.4. The molecule has 0 radical (unpaired) electrons. The standard InChI is InChI=1S/C26H21FN2O4S/c27-24-15-19(11-12-25(24)33-22-8-5-13-28-17-22)16-29-26(30)21-7-4-6-20(14-21)18-34(31,32)23-9-2-1-3-10-23/h1-15,17H,16,18H2,(H,29,30). The van der Waals surface area contributed by atoms with Crippen LogP contribution in [0.1, 0.15) is 21.5 Å². The Balaban J connectivity index is 1.39. The minimum atomic E-state index is -3.53. The van der Waals surface area contributed by atoms with Gasteiger partial charge < -0.3 is 10.1 Å². The molecule has 4 aromatic rings. The highest BCUT2D eigenvalue weighted by atomic mass is 32.2. The zero-order valence-corrected chi connectivity index (χ0v) is 18.8. The van der Waals surface area contributed by atoms with Crippen LogP contribution in [-0.2, 0) is 22.1 Å². The predicted octanol–water partition coefficient (Wildman–Crippen LogP) is 4.92. The molecule has 0 spiro atoms. The number of hydrogen-bond donors (Lipinski definition) is 1. The van der Waals surface area contributed by atoms with Gasteiger partial charge in [0.2, 0.25) is 0 Å². The molecule has 34 heavy (non-hydrogen) atoms. The third-order valence-electron chi connectivity index (χ3n) is 4.96. The van der Waals surface area contributed by atoms with Crippen LogP contribution in [-0.4, -0.2) is 19.3 Å². The summed E-state index contributed by atoms with van der Waals surface area (Å²) in [6.07, 6.45) is 3.07. The van der Waals surface area contributed by atoms with Gasteiger partial charge in [-0.3, -0.25) is 9.78 Å². The first kappa shape index (κ1) is 23.1. The van der Waals surface area contributed by atoms with Gasteiger partial charge >= 0.3 is 0 Å². The van der Waals surface area contributed by atoms with Gasteiger partial charge in [-0.15, -0.1) is 0 Å². The Morgan fingerprint density at radius 3 is 2.47 bits per heavy atom. The molecule has 1 heterocycles. The van der Waals surface area contributed by atoms with Crippen molar-refractivity contribution in [2.24, 2.45) is 0 Å². The quantitative estimate of drug-likeness (QED) is 0.390. The molecule has 0 atom stereocenters. The molecule has 0 bridgehead atoms. The second-order valence-corrected chi connectivity index (χ2v) is 9.50. The maximum atomic E-state index is 14.4. The van der Waals surface area contributed by atoms with Gasteiger partial charge in [-0.1, -0.05) is 36.4 Å². The van der Waals surface area contributed by atoms with E-state index in [9.17, 15) is 17.6 Å². The second kappa shape index (κ2) is 10.3.